The van der Waals surface area contributed by atoms with E-state index in [4.69, 9.17) is 14.2 Å². The molecule has 0 N–H and O–H groups in total. The van der Waals surface area contributed by atoms with Gasteiger partial charge in [-0.3, -0.25) is 0 Å². The first-order valence-corrected chi connectivity index (χ1v) is 4.92. The van der Waals surface area contributed by atoms with E-state index < -0.39 is 5.97 Å². The fourth-order valence-corrected chi connectivity index (χ4v) is 0.873. The number of rotatable bonds is 7. The van der Waals surface area contributed by atoms with Gasteiger partial charge < -0.3 is 18.9 Å². The van der Waals surface area contributed by atoms with E-state index in [1.165, 1.54) is 7.11 Å². The van der Waals surface area contributed by atoms with Crippen molar-refractivity contribution in [2.45, 2.75) is 20.8 Å². The Morgan fingerprint density at radius 1 is 0.938 bits per heavy atom. The Hall–Kier alpha value is -1.17. The minimum Gasteiger partial charge on any atom is -0.482 e. The van der Waals surface area contributed by atoms with E-state index >= 15 is 0 Å². The Bertz CT molecular complexity index is 219. The molecule has 0 saturated carbocycles. The topological polar surface area (TPSA) is 54.0 Å². The first kappa shape index (κ1) is 17.2. The molecule has 0 aliphatic heterocycles. The summed E-state index contributed by atoms with van der Waals surface area (Å²) in [6.07, 6.45) is 0. The molecule has 0 spiro atoms. The molecule has 0 amide bonds. The van der Waals surface area contributed by atoms with Gasteiger partial charge in [0.25, 0.3) is 5.76 Å². The normalized spacial score (nSPS) is 8.50. The van der Waals surface area contributed by atoms with Crippen LogP contribution in [-0.2, 0) is 23.7 Å². The zero-order chi connectivity index (χ0) is 11.7. The number of hydrogen-bond acceptors (Lipinski definition) is 5. The van der Waals surface area contributed by atoms with Gasteiger partial charge in [0, 0.05) is 0 Å². The van der Waals surface area contributed by atoms with Gasteiger partial charge in [-0.25, -0.2) is 4.79 Å². The van der Waals surface area contributed by atoms with E-state index in [0.717, 1.165) is 0 Å². The van der Waals surface area contributed by atoms with E-state index in [2.05, 4.69) is 4.74 Å². The summed E-state index contributed by atoms with van der Waals surface area (Å²) < 4.78 is 20.0. The summed E-state index contributed by atoms with van der Waals surface area (Å²) in [6, 6.07) is 0. The van der Waals surface area contributed by atoms with Crippen LogP contribution in [0.2, 0.25) is 0 Å². The summed E-state index contributed by atoms with van der Waals surface area (Å²) >= 11 is 0. The van der Waals surface area contributed by atoms with Gasteiger partial charge >= 0.3 is 11.9 Å². The number of methoxy groups -OCH3 is 1. The third kappa shape index (κ3) is 5.65. The zero-order valence-corrected chi connectivity index (χ0v) is 9.66. The minimum absolute atomic E-state index is 0. The molecule has 0 atom stereocenters. The van der Waals surface area contributed by atoms with Crippen LogP contribution in [0.1, 0.15) is 20.8 Å². The van der Waals surface area contributed by atoms with Crippen molar-refractivity contribution in [2.24, 2.45) is 0 Å². The number of esters is 1. The second-order valence-corrected chi connectivity index (χ2v) is 2.41. The van der Waals surface area contributed by atoms with Crippen LogP contribution in [0, 0.1) is 0 Å². The summed E-state index contributed by atoms with van der Waals surface area (Å²) in [6.45, 7) is 6.47. The van der Waals surface area contributed by atoms with E-state index in [0.29, 0.717) is 19.8 Å². The predicted molar refractivity (Wildman–Crippen MR) is 65.3 cm³/mol. The standard InChI is InChI=1S/C10H18O5.H4Si/c1-5-13-8(9(11)12-4)10(14-6-2)15-7-3;/h5-7H2,1-4H3;1H4. The van der Waals surface area contributed by atoms with Crippen molar-refractivity contribution in [3.63, 3.8) is 0 Å². The third-order valence-electron chi connectivity index (χ3n) is 1.40. The summed E-state index contributed by atoms with van der Waals surface area (Å²) in [5.41, 5.74) is 0. The van der Waals surface area contributed by atoms with Gasteiger partial charge in [0.2, 0.25) is 0 Å². The van der Waals surface area contributed by atoms with Gasteiger partial charge in [0.15, 0.2) is 0 Å². The summed E-state index contributed by atoms with van der Waals surface area (Å²) in [5.74, 6) is -0.550. The molecule has 0 aliphatic carbocycles. The molecule has 16 heavy (non-hydrogen) atoms. The Kier molecular flexibility index (Phi) is 11.1. The molecule has 0 rings (SSSR count). The van der Waals surface area contributed by atoms with Crippen LogP contribution in [0.5, 0.6) is 0 Å². The van der Waals surface area contributed by atoms with Crippen LogP contribution in [0.3, 0.4) is 0 Å². The van der Waals surface area contributed by atoms with Crippen LogP contribution in [0.25, 0.3) is 0 Å². The van der Waals surface area contributed by atoms with E-state index in [1.54, 1.807) is 20.8 Å². The largest absolute Gasteiger partial charge is 0.482 e. The number of hydrogen-bond donors (Lipinski definition) is 0. The molecule has 0 bridgehead atoms. The van der Waals surface area contributed by atoms with Crippen molar-refractivity contribution in [1.82, 2.24) is 0 Å². The van der Waals surface area contributed by atoms with Gasteiger partial charge in [-0.15, -0.1) is 0 Å². The van der Waals surface area contributed by atoms with Crippen molar-refractivity contribution < 1.29 is 23.7 Å². The lowest BCUT2D eigenvalue weighted by Crippen LogP contribution is -2.14. The smallest absolute Gasteiger partial charge is 0.381 e. The SMILES string of the molecule is CCOC(OCC)=C(OCC)C(=O)OC.[SiH4]. The quantitative estimate of drug-likeness (QED) is 0.275. The van der Waals surface area contributed by atoms with Crippen molar-refractivity contribution >= 4 is 16.9 Å². The van der Waals surface area contributed by atoms with Gasteiger partial charge in [-0.2, -0.15) is 0 Å². The molecule has 96 valence electrons. The van der Waals surface area contributed by atoms with Crippen LogP contribution < -0.4 is 0 Å². The molecule has 0 heterocycles. The fraction of sp³-hybridized carbons (Fsp3) is 0.700. The Labute approximate surface area is 101 Å². The predicted octanol–water partition coefficient (Wildman–Crippen LogP) is -0.0136. The van der Waals surface area contributed by atoms with Crippen LogP contribution >= 0.6 is 0 Å². The molecule has 0 fully saturated rings. The highest BCUT2D eigenvalue weighted by molar-refractivity contribution is 5.86. The summed E-state index contributed by atoms with van der Waals surface area (Å²) in [5, 5.41) is 0. The Balaban J connectivity index is 0. The summed E-state index contributed by atoms with van der Waals surface area (Å²) in [4.78, 5) is 11.3. The van der Waals surface area contributed by atoms with E-state index in [9.17, 15) is 4.79 Å². The molecule has 0 unspecified atom stereocenters. The van der Waals surface area contributed by atoms with Crippen LogP contribution in [-0.4, -0.2) is 43.9 Å². The van der Waals surface area contributed by atoms with E-state index in [-0.39, 0.29) is 22.7 Å². The number of ether oxygens (including phenoxy) is 4. The molecule has 6 heteroatoms. The lowest BCUT2D eigenvalue weighted by Gasteiger charge is -2.13. The molecular weight excluding hydrogens is 228 g/mol. The van der Waals surface area contributed by atoms with Crippen molar-refractivity contribution in [3.8, 4) is 0 Å². The molecule has 0 saturated heterocycles. The minimum atomic E-state index is -0.603. The van der Waals surface area contributed by atoms with Gasteiger partial charge in [-0.05, 0) is 31.7 Å². The Morgan fingerprint density at radius 3 is 1.69 bits per heavy atom. The second-order valence-electron chi connectivity index (χ2n) is 2.41. The maximum atomic E-state index is 11.3. The Morgan fingerprint density at radius 2 is 1.38 bits per heavy atom. The molecule has 0 aromatic carbocycles. The summed E-state index contributed by atoms with van der Waals surface area (Å²) in [7, 11) is 1.27. The molecule has 0 radical (unpaired) electrons. The monoisotopic (exact) mass is 250 g/mol. The van der Waals surface area contributed by atoms with Gasteiger partial charge in [0.1, 0.15) is 0 Å². The van der Waals surface area contributed by atoms with Gasteiger partial charge in [0.05, 0.1) is 26.9 Å². The molecular formula is C10H22O5Si. The average Bonchev–Trinajstić information content (AvgIpc) is 2.25. The highest BCUT2D eigenvalue weighted by Crippen LogP contribution is 2.11. The third-order valence-corrected chi connectivity index (χ3v) is 1.40. The first-order chi connectivity index (χ1) is 7.21. The fourth-order valence-electron chi connectivity index (χ4n) is 0.873. The molecule has 5 nitrogen and oxygen atoms in total. The lowest BCUT2D eigenvalue weighted by molar-refractivity contribution is -0.141. The molecule has 0 aromatic heterocycles. The maximum absolute atomic E-state index is 11.3. The van der Waals surface area contributed by atoms with Crippen molar-refractivity contribution in [3.05, 3.63) is 11.7 Å². The maximum Gasteiger partial charge on any atom is 0.381 e. The average molecular weight is 250 g/mol. The lowest BCUT2D eigenvalue weighted by atomic mass is 10.5. The van der Waals surface area contributed by atoms with Crippen molar-refractivity contribution in [2.75, 3.05) is 26.9 Å². The van der Waals surface area contributed by atoms with Crippen LogP contribution in [0.4, 0.5) is 0 Å². The number of carbonyl (C=O) groups excluding carboxylic acids is 1. The van der Waals surface area contributed by atoms with Crippen molar-refractivity contribution in [1.29, 1.82) is 0 Å². The first-order valence-electron chi connectivity index (χ1n) is 4.92. The highest BCUT2D eigenvalue weighted by Gasteiger charge is 2.20. The highest BCUT2D eigenvalue weighted by atomic mass is 28.1. The second kappa shape index (κ2) is 10.3. The van der Waals surface area contributed by atoms with Gasteiger partial charge in [-0.1, -0.05) is 0 Å². The molecule has 0 aromatic rings. The van der Waals surface area contributed by atoms with E-state index in [1.807, 2.05) is 0 Å². The number of carbonyl (C=O) groups is 1. The molecule has 0 aliphatic rings. The van der Waals surface area contributed by atoms with Crippen LogP contribution in [0.15, 0.2) is 11.7 Å². The zero-order valence-electron chi connectivity index (χ0n) is 9.66.